The van der Waals surface area contributed by atoms with E-state index in [-0.39, 0.29) is 17.6 Å². The Kier molecular flexibility index (Phi) is 3.68. The van der Waals surface area contributed by atoms with Crippen LogP contribution >= 0.6 is 0 Å². The standard InChI is InChI=1S/C18H17F3N4O/c1-9-3-5-11(6-4-9)15-14-12(7-10(2)8-13(14)26)22-17-23-16(18(19,20)21)24-25(15)17/h3-6,10,15H,7-8H2,1-2H3,(H,22,23,24)/t10-,15-/m0/s1. The molecule has 8 heteroatoms. The van der Waals surface area contributed by atoms with Gasteiger partial charge in [-0.3, -0.25) is 4.79 Å². The summed E-state index contributed by atoms with van der Waals surface area (Å²) in [6.07, 6.45) is -3.68. The molecular formula is C18H17F3N4O. The van der Waals surface area contributed by atoms with E-state index in [1.165, 1.54) is 4.68 Å². The SMILES string of the molecule is Cc1ccc([C@H]2C3=C(C[C@H](C)CC3=O)Nc3nc(C(F)(F)F)nn32)cc1. The molecule has 5 nitrogen and oxygen atoms in total. The minimum absolute atomic E-state index is 0.0172. The second-order valence-electron chi connectivity index (χ2n) is 6.97. The van der Waals surface area contributed by atoms with E-state index in [0.717, 1.165) is 5.56 Å². The summed E-state index contributed by atoms with van der Waals surface area (Å²) in [6, 6.07) is 6.68. The van der Waals surface area contributed by atoms with Gasteiger partial charge in [0.2, 0.25) is 5.95 Å². The first kappa shape index (κ1) is 16.8. The summed E-state index contributed by atoms with van der Waals surface area (Å²) in [5.41, 5.74) is 2.87. The van der Waals surface area contributed by atoms with Crippen molar-refractivity contribution < 1.29 is 18.0 Å². The molecule has 0 fully saturated rings. The molecule has 1 aromatic heterocycles. The molecule has 136 valence electrons. The molecule has 0 unspecified atom stereocenters. The quantitative estimate of drug-likeness (QED) is 0.837. The van der Waals surface area contributed by atoms with Gasteiger partial charge < -0.3 is 5.32 Å². The Morgan fingerprint density at radius 3 is 2.54 bits per heavy atom. The highest BCUT2D eigenvalue weighted by atomic mass is 19.4. The lowest BCUT2D eigenvalue weighted by molar-refractivity contribution is -0.145. The maximum absolute atomic E-state index is 13.1. The largest absolute Gasteiger partial charge is 0.453 e. The normalized spacial score (nSPS) is 22.7. The van der Waals surface area contributed by atoms with Gasteiger partial charge in [-0.05, 0) is 24.8 Å². The van der Waals surface area contributed by atoms with Crippen LogP contribution in [0.1, 0.15) is 42.8 Å². The predicted molar refractivity (Wildman–Crippen MR) is 88.4 cm³/mol. The highest BCUT2D eigenvalue weighted by Crippen LogP contribution is 2.42. The molecule has 0 bridgehead atoms. The zero-order chi connectivity index (χ0) is 18.6. The van der Waals surface area contributed by atoms with Crippen LogP contribution in [0.4, 0.5) is 19.1 Å². The third-order valence-electron chi connectivity index (χ3n) is 4.77. The number of carbonyl (C=O) groups excluding carboxylic acids is 1. The fourth-order valence-electron chi connectivity index (χ4n) is 3.58. The molecule has 1 N–H and O–H groups in total. The van der Waals surface area contributed by atoms with Gasteiger partial charge in [0.15, 0.2) is 5.78 Å². The molecule has 26 heavy (non-hydrogen) atoms. The van der Waals surface area contributed by atoms with Crippen molar-refractivity contribution in [3.63, 3.8) is 0 Å². The Morgan fingerprint density at radius 1 is 1.19 bits per heavy atom. The number of nitrogens with one attached hydrogen (secondary N) is 1. The molecule has 1 aliphatic heterocycles. The molecule has 1 aliphatic carbocycles. The van der Waals surface area contributed by atoms with Crippen LogP contribution in [-0.4, -0.2) is 20.5 Å². The molecular weight excluding hydrogens is 345 g/mol. The van der Waals surface area contributed by atoms with Crippen LogP contribution in [0.3, 0.4) is 0 Å². The van der Waals surface area contributed by atoms with Gasteiger partial charge in [-0.15, -0.1) is 5.10 Å². The van der Waals surface area contributed by atoms with E-state index < -0.39 is 18.0 Å². The maximum atomic E-state index is 13.1. The van der Waals surface area contributed by atoms with Crippen LogP contribution in [0, 0.1) is 12.8 Å². The Bertz CT molecular complexity index is 912. The number of Topliss-reactive ketones (excluding diaryl/α,β-unsaturated/α-hetero) is 1. The summed E-state index contributed by atoms with van der Waals surface area (Å²) in [7, 11) is 0. The second-order valence-corrected chi connectivity index (χ2v) is 6.97. The Balaban J connectivity index is 1.90. The zero-order valence-electron chi connectivity index (χ0n) is 14.3. The van der Waals surface area contributed by atoms with E-state index in [0.29, 0.717) is 29.7 Å². The fourth-order valence-corrected chi connectivity index (χ4v) is 3.58. The zero-order valence-corrected chi connectivity index (χ0v) is 14.3. The molecule has 1 aromatic carbocycles. The summed E-state index contributed by atoms with van der Waals surface area (Å²) >= 11 is 0. The first-order chi connectivity index (χ1) is 12.2. The molecule has 2 aromatic rings. The number of nitrogens with zero attached hydrogens (tertiary/aromatic N) is 3. The molecule has 4 rings (SSSR count). The lowest BCUT2D eigenvalue weighted by atomic mass is 9.81. The number of anilines is 1. The summed E-state index contributed by atoms with van der Waals surface area (Å²) in [6.45, 7) is 3.87. The van der Waals surface area contributed by atoms with Gasteiger partial charge in [0.1, 0.15) is 6.04 Å². The number of hydrogen-bond acceptors (Lipinski definition) is 4. The number of aromatic nitrogens is 3. The highest BCUT2D eigenvalue weighted by Gasteiger charge is 2.42. The molecule has 2 heterocycles. The Morgan fingerprint density at radius 2 is 1.88 bits per heavy atom. The number of carbonyl (C=O) groups is 1. The number of aryl methyl sites for hydroxylation is 1. The number of fused-ring (bicyclic) bond motifs is 1. The molecule has 2 atom stereocenters. The van der Waals surface area contributed by atoms with Gasteiger partial charge in [0, 0.05) is 17.7 Å². The number of ketones is 1. The summed E-state index contributed by atoms with van der Waals surface area (Å²) in [5, 5.41) is 6.59. The Labute approximate surface area is 147 Å². The van der Waals surface area contributed by atoms with E-state index in [1.807, 2.05) is 38.1 Å². The molecule has 0 spiro atoms. The van der Waals surface area contributed by atoms with Crippen LogP contribution in [0.15, 0.2) is 35.5 Å². The molecule has 0 radical (unpaired) electrons. The number of benzene rings is 1. The summed E-state index contributed by atoms with van der Waals surface area (Å²) < 4.78 is 40.5. The van der Waals surface area contributed by atoms with E-state index >= 15 is 0 Å². The molecule has 0 saturated carbocycles. The van der Waals surface area contributed by atoms with Gasteiger partial charge in [-0.1, -0.05) is 36.8 Å². The van der Waals surface area contributed by atoms with Crippen molar-refractivity contribution in [1.82, 2.24) is 14.8 Å². The number of hydrogen-bond donors (Lipinski definition) is 1. The van der Waals surface area contributed by atoms with Crippen molar-refractivity contribution in [2.75, 3.05) is 5.32 Å². The van der Waals surface area contributed by atoms with Gasteiger partial charge in [0.25, 0.3) is 5.82 Å². The van der Waals surface area contributed by atoms with Crippen molar-refractivity contribution in [2.24, 2.45) is 5.92 Å². The van der Waals surface area contributed by atoms with E-state index in [2.05, 4.69) is 15.4 Å². The van der Waals surface area contributed by atoms with E-state index in [4.69, 9.17) is 0 Å². The van der Waals surface area contributed by atoms with Crippen LogP contribution in [0.2, 0.25) is 0 Å². The number of halogens is 3. The molecule has 2 aliphatic rings. The van der Waals surface area contributed by atoms with Gasteiger partial charge in [-0.2, -0.15) is 18.2 Å². The minimum atomic E-state index is -4.65. The lowest BCUT2D eigenvalue weighted by Gasteiger charge is -2.34. The summed E-state index contributed by atoms with van der Waals surface area (Å²) in [5.74, 6) is -1.13. The maximum Gasteiger partial charge on any atom is 0.453 e. The third kappa shape index (κ3) is 2.69. The second kappa shape index (κ2) is 5.69. The van der Waals surface area contributed by atoms with Crippen LogP contribution in [-0.2, 0) is 11.0 Å². The fraction of sp³-hybridized carbons (Fsp3) is 0.389. The predicted octanol–water partition coefficient (Wildman–Crippen LogP) is 3.87. The van der Waals surface area contributed by atoms with E-state index in [9.17, 15) is 18.0 Å². The van der Waals surface area contributed by atoms with E-state index in [1.54, 1.807) is 0 Å². The van der Waals surface area contributed by atoms with Gasteiger partial charge >= 0.3 is 6.18 Å². The topological polar surface area (TPSA) is 59.8 Å². The van der Waals surface area contributed by atoms with Crippen LogP contribution in [0.5, 0.6) is 0 Å². The monoisotopic (exact) mass is 362 g/mol. The number of alkyl halides is 3. The lowest BCUT2D eigenvalue weighted by Crippen LogP contribution is -2.33. The minimum Gasteiger partial charge on any atom is -0.328 e. The van der Waals surface area contributed by atoms with Gasteiger partial charge in [0.05, 0.1) is 0 Å². The van der Waals surface area contributed by atoms with Gasteiger partial charge in [-0.25, -0.2) is 4.68 Å². The highest BCUT2D eigenvalue weighted by molar-refractivity contribution is 5.99. The van der Waals surface area contributed by atoms with Crippen molar-refractivity contribution in [1.29, 1.82) is 0 Å². The Hall–Kier alpha value is -2.64. The van der Waals surface area contributed by atoms with Crippen molar-refractivity contribution >= 4 is 11.7 Å². The average Bonchev–Trinajstić information content (AvgIpc) is 2.97. The summed E-state index contributed by atoms with van der Waals surface area (Å²) in [4.78, 5) is 16.3. The first-order valence-electron chi connectivity index (χ1n) is 8.37. The molecule has 0 saturated heterocycles. The first-order valence-corrected chi connectivity index (χ1v) is 8.37. The van der Waals surface area contributed by atoms with Crippen LogP contribution in [0.25, 0.3) is 0 Å². The van der Waals surface area contributed by atoms with Crippen LogP contribution < -0.4 is 5.32 Å². The number of rotatable bonds is 1. The molecule has 0 amide bonds. The average molecular weight is 362 g/mol. The van der Waals surface area contributed by atoms with Crippen molar-refractivity contribution in [2.45, 2.75) is 38.9 Å². The third-order valence-corrected chi connectivity index (χ3v) is 4.77. The number of allylic oxidation sites excluding steroid dienone is 2. The van der Waals surface area contributed by atoms with Crippen molar-refractivity contribution in [3.8, 4) is 0 Å². The van der Waals surface area contributed by atoms with Crippen molar-refractivity contribution in [3.05, 3.63) is 52.5 Å². The smallest absolute Gasteiger partial charge is 0.328 e.